The summed E-state index contributed by atoms with van der Waals surface area (Å²) in [6.45, 7) is 1.24. The molecular formula is C10H19NO4. The molecule has 1 atom stereocenters. The van der Waals surface area contributed by atoms with Gasteiger partial charge >= 0.3 is 5.97 Å². The van der Waals surface area contributed by atoms with Crippen molar-refractivity contribution < 1.29 is 19.4 Å². The van der Waals surface area contributed by atoms with Gasteiger partial charge in [0.25, 0.3) is 0 Å². The number of aliphatic carboxylic acids is 1. The molecule has 0 heterocycles. The molecule has 0 amide bonds. The number of carboxylic acid groups (broad SMARTS) is 1. The Bertz CT molecular complexity index is 196. The molecule has 0 saturated carbocycles. The first-order chi connectivity index (χ1) is 7.11. The maximum atomic E-state index is 10.8. The predicted octanol–water partition coefficient (Wildman–Crippen LogP) is 0.387. The lowest BCUT2D eigenvalue weighted by atomic mass is 10.1. The van der Waals surface area contributed by atoms with Gasteiger partial charge in [-0.2, -0.15) is 0 Å². The van der Waals surface area contributed by atoms with Crippen molar-refractivity contribution in [2.45, 2.75) is 25.3 Å². The summed E-state index contributed by atoms with van der Waals surface area (Å²) >= 11 is 0. The number of likely N-dealkylation sites (N-methyl/N-ethyl adjacent to an activating group) is 1. The average molecular weight is 217 g/mol. The molecule has 0 bridgehead atoms. The standard InChI is InChI=1S/C10H19NO4/c1-11(6-7-15-2)9(8-12)4-3-5-10(13)14/h8-9H,3-7H2,1-2H3,(H,13,14). The minimum atomic E-state index is -0.820. The van der Waals surface area contributed by atoms with Crippen LogP contribution in [0.3, 0.4) is 0 Å². The molecule has 5 nitrogen and oxygen atoms in total. The maximum absolute atomic E-state index is 10.8. The highest BCUT2D eigenvalue weighted by Crippen LogP contribution is 2.05. The van der Waals surface area contributed by atoms with E-state index in [9.17, 15) is 9.59 Å². The number of carboxylic acids is 1. The Hall–Kier alpha value is -0.940. The number of hydrogen-bond donors (Lipinski definition) is 1. The molecule has 5 heteroatoms. The minimum absolute atomic E-state index is 0.114. The molecule has 0 radical (unpaired) electrons. The van der Waals surface area contributed by atoms with Crippen LogP contribution < -0.4 is 0 Å². The molecule has 88 valence electrons. The Morgan fingerprint density at radius 3 is 2.73 bits per heavy atom. The van der Waals surface area contributed by atoms with E-state index in [4.69, 9.17) is 9.84 Å². The molecule has 0 aromatic heterocycles. The van der Waals surface area contributed by atoms with Gasteiger partial charge in [0.05, 0.1) is 12.6 Å². The van der Waals surface area contributed by atoms with Crippen molar-refractivity contribution in [1.82, 2.24) is 4.90 Å². The normalized spacial score (nSPS) is 12.7. The molecular weight excluding hydrogens is 198 g/mol. The number of methoxy groups -OCH3 is 1. The smallest absolute Gasteiger partial charge is 0.303 e. The molecule has 1 unspecified atom stereocenters. The summed E-state index contributed by atoms with van der Waals surface area (Å²) in [5, 5.41) is 8.46. The van der Waals surface area contributed by atoms with E-state index in [-0.39, 0.29) is 12.5 Å². The number of carbonyl (C=O) groups excluding carboxylic acids is 1. The molecule has 0 aromatic rings. The second kappa shape index (κ2) is 8.38. The predicted molar refractivity (Wildman–Crippen MR) is 55.8 cm³/mol. The van der Waals surface area contributed by atoms with Crippen LogP contribution in [0.2, 0.25) is 0 Å². The lowest BCUT2D eigenvalue weighted by Crippen LogP contribution is -2.35. The summed E-state index contributed by atoms with van der Waals surface area (Å²) in [5.41, 5.74) is 0. The van der Waals surface area contributed by atoms with E-state index in [0.717, 1.165) is 6.29 Å². The van der Waals surface area contributed by atoms with Crippen molar-refractivity contribution in [1.29, 1.82) is 0 Å². The van der Waals surface area contributed by atoms with Crippen LogP contribution in [0.5, 0.6) is 0 Å². The third-order valence-electron chi connectivity index (χ3n) is 2.26. The van der Waals surface area contributed by atoms with Gasteiger partial charge in [-0.3, -0.25) is 9.69 Å². The lowest BCUT2D eigenvalue weighted by Gasteiger charge is -2.22. The van der Waals surface area contributed by atoms with E-state index in [1.807, 2.05) is 11.9 Å². The van der Waals surface area contributed by atoms with Gasteiger partial charge in [-0.15, -0.1) is 0 Å². The zero-order chi connectivity index (χ0) is 11.7. The molecule has 0 fully saturated rings. The van der Waals surface area contributed by atoms with Crippen LogP contribution in [0.1, 0.15) is 19.3 Å². The van der Waals surface area contributed by atoms with Crippen LogP contribution in [-0.4, -0.2) is 55.6 Å². The molecule has 0 aromatic carbocycles. The van der Waals surface area contributed by atoms with Crippen LogP contribution in [0.15, 0.2) is 0 Å². The highest BCUT2D eigenvalue weighted by Gasteiger charge is 2.13. The van der Waals surface area contributed by atoms with Crippen LogP contribution >= 0.6 is 0 Å². The minimum Gasteiger partial charge on any atom is -0.481 e. The van der Waals surface area contributed by atoms with Gasteiger partial charge in [0.1, 0.15) is 6.29 Å². The number of nitrogens with zero attached hydrogens (tertiary/aromatic N) is 1. The Morgan fingerprint density at radius 2 is 2.27 bits per heavy atom. The summed E-state index contributed by atoms with van der Waals surface area (Å²) in [6, 6.07) is -0.209. The second-order valence-electron chi connectivity index (χ2n) is 3.46. The first-order valence-electron chi connectivity index (χ1n) is 4.98. The molecule has 0 aliphatic heterocycles. The summed E-state index contributed by atoms with van der Waals surface area (Å²) in [4.78, 5) is 22.9. The fourth-order valence-electron chi connectivity index (χ4n) is 1.26. The number of aldehydes is 1. The van der Waals surface area contributed by atoms with E-state index in [2.05, 4.69) is 0 Å². The largest absolute Gasteiger partial charge is 0.481 e. The number of rotatable bonds is 9. The molecule has 0 rings (SSSR count). The summed E-state index contributed by atoms with van der Waals surface area (Å²) in [7, 11) is 3.44. The Balaban J connectivity index is 3.79. The quantitative estimate of drug-likeness (QED) is 0.566. The van der Waals surface area contributed by atoms with Gasteiger partial charge in [-0.25, -0.2) is 0 Å². The van der Waals surface area contributed by atoms with E-state index in [1.54, 1.807) is 7.11 Å². The Labute approximate surface area is 90.0 Å². The van der Waals surface area contributed by atoms with Crippen molar-refractivity contribution in [2.24, 2.45) is 0 Å². The average Bonchev–Trinajstić information content (AvgIpc) is 2.20. The molecule has 0 aliphatic carbocycles. The fraction of sp³-hybridized carbons (Fsp3) is 0.800. The SMILES string of the molecule is COCCN(C)C(C=O)CCCC(=O)O. The van der Waals surface area contributed by atoms with Gasteiger partial charge in [0.15, 0.2) is 0 Å². The van der Waals surface area contributed by atoms with Crippen molar-refractivity contribution in [3.63, 3.8) is 0 Å². The molecule has 0 spiro atoms. The van der Waals surface area contributed by atoms with E-state index in [1.165, 1.54) is 0 Å². The highest BCUT2D eigenvalue weighted by molar-refractivity contribution is 5.66. The Morgan fingerprint density at radius 1 is 1.60 bits per heavy atom. The first kappa shape index (κ1) is 14.1. The Kier molecular flexibility index (Phi) is 7.85. The number of ether oxygens (including phenoxy) is 1. The number of hydrogen-bond acceptors (Lipinski definition) is 4. The number of carbonyl (C=O) groups is 2. The summed E-state index contributed by atoms with van der Waals surface area (Å²) in [5.74, 6) is -0.820. The molecule has 15 heavy (non-hydrogen) atoms. The molecule has 1 N–H and O–H groups in total. The van der Waals surface area contributed by atoms with Crippen LogP contribution in [0, 0.1) is 0 Å². The van der Waals surface area contributed by atoms with Gasteiger partial charge in [-0.1, -0.05) is 0 Å². The summed E-state index contributed by atoms with van der Waals surface area (Å²) < 4.78 is 4.90. The monoisotopic (exact) mass is 217 g/mol. The van der Waals surface area contributed by atoms with Gasteiger partial charge < -0.3 is 14.6 Å². The molecule has 0 saturated heterocycles. The third-order valence-corrected chi connectivity index (χ3v) is 2.26. The van der Waals surface area contributed by atoms with E-state index in [0.29, 0.717) is 26.0 Å². The zero-order valence-corrected chi connectivity index (χ0v) is 9.31. The lowest BCUT2D eigenvalue weighted by molar-refractivity contribution is -0.137. The summed E-state index contributed by atoms with van der Waals surface area (Å²) in [6.07, 6.45) is 2.08. The third kappa shape index (κ3) is 7.04. The highest BCUT2D eigenvalue weighted by atomic mass is 16.5. The van der Waals surface area contributed by atoms with Crippen molar-refractivity contribution in [2.75, 3.05) is 27.3 Å². The van der Waals surface area contributed by atoms with Crippen molar-refractivity contribution in [3.05, 3.63) is 0 Å². The van der Waals surface area contributed by atoms with E-state index >= 15 is 0 Å². The van der Waals surface area contributed by atoms with Crippen molar-refractivity contribution in [3.8, 4) is 0 Å². The van der Waals surface area contributed by atoms with E-state index < -0.39 is 5.97 Å². The fourth-order valence-corrected chi connectivity index (χ4v) is 1.26. The van der Waals surface area contributed by atoms with Crippen LogP contribution in [-0.2, 0) is 14.3 Å². The zero-order valence-electron chi connectivity index (χ0n) is 9.31. The maximum Gasteiger partial charge on any atom is 0.303 e. The van der Waals surface area contributed by atoms with Crippen molar-refractivity contribution >= 4 is 12.3 Å². The second-order valence-corrected chi connectivity index (χ2v) is 3.46. The van der Waals surface area contributed by atoms with Crippen LogP contribution in [0.25, 0.3) is 0 Å². The first-order valence-corrected chi connectivity index (χ1v) is 4.98. The van der Waals surface area contributed by atoms with Gasteiger partial charge in [0.2, 0.25) is 0 Å². The van der Waals surface area contributed by atoms with Crippen LogP contribution in [0.4, 0.5) is 0 Å². The topological polar surface area (TPSA) is 66.8 Å². The van der Waals surface area contributed by atoms with Gasteiger partial charge in [-0.05, 0) is 19.9 Å². The van der Waals surface area contributed by atoms with Gasteiger partial charge in [0, 0.05) is 20.1 Å². The molecule has 0 aliphatic rings.